The summed E-state index contributed by atoms with van der Waals surface area (Å²) in [5.74, 6) is 0. The van der Waals surface area contributed by atoms with Crippen LogP contribution in [0, 0.1) is 0 Å². The van der Waals surface area contributed by atoms with E-state index in [-0.39, 0.29) is 12.7 Å². The van der Waals surface area contributed by atoms with Crippen LogP contribution in [0.1, 0.15) is 44.9 Å². The first-order valence-electron chi connectivity index (χ1n) is 7.51. The lowest BCUT2D eigenvalue weighted by atomic mass is 9.85. The highest BCUT2D eigenvalue weighted by atomic mass is 16.6. The molecule has 22 heavy (non-hydrogen) atoms. The van der Waals surface area contributed by atoms with Crippen LogP contribution in [0.15, 0.2) is 18.3 Å². The van der Waals surface area contributed by atoms with Gasteiger partial charge in [0.25, 0.3) is 0 Å². The van der Waals surface area contributed by atoms with E-state index in [1.807, 2.05) is 20.8 Å². The standard InChI is InChI=1S/C16H24N2O4/c1-15(2,3)22-14(20)18-9-6-16(21,7-10-18)13-12(11-19)5-4-8-17-13/h4-5,8,19,21H,6-7,9-11H2,1-3H3. The fourth-order valence-electron chi connectivity index (χ4n) is 2.61. The summed E-state index contributed by atoms with van der Waals surface area (Å²) in [6.07, 6.45) is 1.98. The number of carbonyl (C=O) groups is 1. The van der Waals surface area contributed by atoms with Gasteiger partial charge in [-0.25, -0.2) is 4.79 Å². The highest BCUT2D eigenvalue weighted by molar-refractivity contribution is 5.68. The lowest BCUT2D eigenvalue weighted by Crippen LogP contribution is -2.47. The van der Waals surface area contributed by atoms with E-state index in [4.69, 9.17) is 4.74 Å². The molecular formula is C16H24N2O4. The SMILES string of the molecule is CC(C)(C)OC(=O)N1CCC(O)(c2ncccc2CO)CC1. The first-order chi connectivity index (χ1) is 10.2. The minimum absolute atomic E-state index is 0.165. The summed E-state index contributed by atoms with van der Waals surface area (Å²) < 4.78 is 5.35. The first-order valence-corrected chi connectivity index (χ1v) is 7.51. The van der Waals surface area contributed by atoms with Crippen molar-refractivity contribution in [2.24, 2.45) is 0 Å². The van der Waals surface area contributed by atoms with Crippen LogP contribution in [0.5, 0.6) is 0 Å². The highest BCUT2D eigenvalue weighted by Crippen LogP contribution is 2.33. The lowest BCUT2D eigenvalue weighted by Gasteiger charge is -2.38. The van der Waals surface area contributed by atoms with Crippen LogP contribution in [-0.4, -0.2) is 44.9 Å². The number of hydrogen-bond acceptors (Lipinski definition) is 5. The number of carbonyl (C=O) groups excluding carboxylic acids is 1. The van der Waals surface area contributed by atoms with Crippen LogP contribution in [0.2, 0.25) is 0 Å². The van der Waals surface area contributed by atoms with Gasteiger partial charge < -0.3 is 19.8 Å². The number of rotatable bonds is 2. The van der Waals surface area contributed by atoms with Gasteiger partial charge in [0.15, 0.2) is 0 Å². The number of hydrogen-bond donors (Lipinski definition) is 2. The quantitative estimate of drug-likeness (QED) is 0.870. The predicted molar refractivity (Wildman–Crippen MR) is 81.1 cm³/mol. The van der Waals surface area contributed by atoms with E-state index in [9.17, 15) is 15.0 Å². The topological polar surface area (TPSA) is 82.9 Å². The number of ether oxygens (including phenoxy) is 1. The Balaban J connectivity index is 2.06. The molecule has 0 atom stereocenters. The Hall–Kier alpha value is -1.66. The largest absolute Gasteiger partial charge is 0.444 e. The zero-order valence-corrected chi connectivity index (χ0v) is 13.4. The van der Waals surface area contributed by atoms with Gasteiger partial charge in [-0.1, -0.05) is 6.07 Å². The number of nitrogens with zero attached hydrogens (tertiary/aromatic N) is 2. The monoisotopic (exact) mass is 308 g/mol. The molecule has 2 rings (SSSR count). The maximum atomic E-state index is 12.1. The molecule has 2 heterocycles. The molecule has 0 spiro atoms. The van der Waals surface area contributed by atoms with E-state index in [2.05, 4.69) is 4.98 Å². The molecule has 1 aromatic heterocycles. The van der Waals surface area contributed by atoms with E-state index >= 15 is 0 Å². The average Bonchev–Trinajstić information content (AvgIpc) is 2.46. The Kier molecular flexibility index (Phi) is 4.72. The van der Waals surface area contributed by atoms with E-state index in [0.29, 0.717) is 37.2 Å². The Labute approximate surface area is 130 Å². The van der Waals surface area contributed by atoms with Gasteiger partial charge in [-0.05, 0) is 39.7 Å². The molecule has 1 saturated heterocycles. The molecule has 1 aliphatic heterocycles. The molecule has 1 fully saturated rings. The van der Waals surface area contributed by atoms with E-state index in [1.54, 1.807) is 23.2 Å². The van der Waals surface area contributed by atoms with Crippen LogP contribution in [0.25, 0.3) is 0 Å². The van der Waals surface area contributed by atoms with Crippen molar-refractivity contribution in [1.82, 2.24) is 9.88 Å². The second-order valence-electron chi connectivity index (χ2n) is 6.67. The van der Waals surface area contributed by atoms with Gasteiger partial charge in [-0.2, -0.15) is 0 Å². The third-order valence-electron chi connectivity index (χ3n) is 3.74. The van der Waals surface area contributed by atoms with Crippen molar-refractivity contribution in [2.45, 2.75) is 51.4 Å². The van der Waals surface area contributed by atoms with Crippen LogP contribution in [0.3, 0.4) is 0 Å². The Morgan fingerprint density at radius 2 is 2.05 bits per heavy atom. The third-order valence-corrected chi connectivity index (χ3v) is 3.74. The van der Waals surface area contributed by atoms with E-state index < -0.39 is 11.2 Å². The minimum Gasteiger partial charge on any atom is -0.444 e. The number of pyridine rings is 1. The van der Waals surface area contributed by atoms with Crippen molar-refractivity contribution in [3.63, 3.8) is 0 Å². The van der Waals surface area contributed by atoms with E-state index in [0.717, 1.165) is 0 Å². The highest BCUT2D eigenvalue weighted by Gasteiger charge is 2.38. The smallest absolute Gasteiger partial charge is 0.410 e. The second-order valence-corrected chi connectivity index (χ2v) is 6.67. The molecule has 1 aromatic rings. The number of aromatic nitrogens is 1. The molecule has 0 saturated carbocycles. The normalized spacial score (nSPS) is 18.1. The van der Waals surface area contributed by atoms with Crippen molar-refractivity contribution in [3.8, 4) is 0 Å². The molecule has 0 aliphatic carbocycles. The summed E-state index contributed by atoms with van der Waals surface area (Å²) in [5, 5.41) is 20.2. The third kappa shape index (κ3) is 3.75. The molecule has 0 bridgehead atoms. The van der Waals surface area contributed by atoms with Crippen molar-refractivity contribution in [2.75, 3.05) is 13.1 Å². The lowest BCUT2D eigenvalue weighted by molar-refractivity contribution is -0.0392. The number of aliphatic hydroxyl groups is 2. The van der Waals surface area contributed by atoms with Crippen LogP contribution in [-0.2, 0) is 16.9 Å². The minimum atomic E-state index is -1.11. The summed E-state index contributed by atoms with van der Waals surface area (Å²) in [5.41, 5.74) is -0.523. The molecular weight excluding hydrogens is 284 g/mol. The Bertz CT molecular complexity index is 531. The summed E-state index contributed by atoms with van der Waals surface area (Å²) in [4.78, 5) is 17.9. The fourth-order valence-corrected chi connectivity index (χ4v) is 2.61. The van der Waals surface area contributed by atoms with Crippen LogP contribution < -0.4 is 0 Å². The van der Waals surface area contributed by atoms with Crippen molar-refractivity contribution in [3.05, 3.63) is 29.6 Å². The number of aliphatic hydroxyl groups excluding tert-OH is 1. The van der Waals surface area contributed by atoms with Gasteiger partial charge in [0.1, 0.15) is 11.2 Å². The van der Waals surface area contributed by atoms with Crippen molar-refractivity contribution >= 4 is 6.09 Å². The zero-order valence-electron chi connectivity index (χ0n) is 13.4. The van der Waals surface area contributed by atoms with Gasteiger partial charge in [0.2, 0.25) is 0 Å². The molecule has 2 N–H and O–H groups in total. The molecule has 6 heteroatoms. The molecule has 122 valence electrons. The maximum Gasteiger partial charge on any atom is 0.410 e. The molecule has 6 nitrogen and oxygen atoms in total. The number of likely N-dealkylation sites (tertiary alicyclic amines) is 1. The molecule has 1 aliphatic rings. The fraction of sp³-hybridized carbons (Fsp3) is 0.625. The molecule has 0 aromatic carbocycles. The van der Waals surface area contributed by atoms with Gasteiger partial charge in [-0.15, -0.1) is 0 Å². The zero-order chi connectivity index (χ0) is 16.4. The molecule has 1 amide bonds. The van der Waals surface area contributed by atoms with Gasteiger partial charge in [0.05, 0.1) is 12.3 Å². The van der Waals surface area contributed by atoms with Crippen LogP contribution in [0.4, 0.5) is 4.79 Å². The summed E-state index contributed by atoms with van der Waals surface area (Å²) in [7, 11) is 0. The van der Waals surface area contributed by atoms with Gasteiger partial charge >= 0.3 is 6.09 Å². The summed E-state index contributed by atoms with van der Waals surface area (Å²) >= 11 is 0. The van der Waals surface area contributed by atoms with Gasteiger partial charge in [-0.3, -0.25) is 4.98 Å². The molecule has 0 unspecified atom stereocenters. The number of piperidine rings is 1. The van der Waals surface area contributed by atoms with Crippen molar-refractivity contribution in [1.29, 1.82) is 0 Å². The average molecular weight is 308 g/mol. The van der Waals surface area contributed by atoms with E-state index in [1.165, 1.54) is 0 Å². The second kappa shape index (κ2) is 6.22. The maximum absolute atomic E-state index is 12.1. The van der Waals surface area contributed by atoms with Gasteiger partial charge in [0, 0.05) is 24.8 Å². The Morgan fingerprint density at radius 3 is 2.59 bits per heavy atom. The summed E-state index contributed by atoms with van der Waals surface area (Å²) in [6.45, 7) is 6.10. The van der Waals surface area contributed by atoms with Crippen LogP contribution >= 0.6 is 0 Å². The predicted octanol–water partition coefficient (Wildman–Crippen LogP) is 1.79. The molecule has 0 radical (unpaired) electrons. The summed E-state index contributed by atoms with van der Waals surface area (Å²) in [6, 6.07) is 3.48. The van der Waals surface area contributed by atoms with Crippen molar-refractivity contribution < 1.29 is 19.7 Å². The first kappa shape index (κ1) is 16.7. The number of amides is 1. The Morgan fingerprint density at radius 1 is 1.41 bits per heavy atom.